The largest absolute Gasteiger partial charge is 0.357 e. The first-order valence-electron chi connectivity index (χ1n) is 7.16. The molecule has 0 saturated carbocycles. The maximum absolute atomic E-state index is 12.8. The summed E-state index contributed by atoms with van der Waals surface area (Å²) in [6.45, 7) is 1.79. The van der Waals surface area contributed by atoms with Gasteiger partial charge in [0.15, 0.2) is 0 Å². The highest BCUT2D eigenvalue weighted by Crippen LogP contribution is 2.27. The van der Waals surface area contributed by atoms with Gasteiger partial charge in [0.25, 0.3) is 11.8 Å². The van der Waals surface area contributed by atoms with E-state index in [1.54, 1.807) is 48.1 Å². The zero-order valence-corrected chi connectivity index (χ0v) is 14.6. The van der Waals surface area contributed by atoms with Gasteiger partial charge in [0.1, 0.15) is 5.57 Å². The van der Waals surface area contributed by atoms with Gasteiger partial charge in [-0.3, -0.25) is 14.9 Å². The summed E-state index contributed by atoms with van der Waals surface area (Å²) in [6, 6.07) is 6.22. The topological polar surface area (TPSA) is 71.4 Å². The monoisotopic (exact) mass is 387 g/mol. The van der Waals surface area contributed by atoms with E-state index < -0.39 is 17.8 Å². The van der Waals surface area contributed by atoms with Crippen LogP contribution in [0.1, 0.15) is 11.1 Å². The molecule has 1 fully saturated rings. The summed E-state index contributed by atoms with van der Waals surface area (Å²) in [5.74, 6) is -1.34. The molecule has 0 radical (unpaired) electrons. The fraction of sp³-hybridized carbons (Fsp3) is 0.118. The highest BCUT2D eigenvalue weighted by atomic mass is 79.9. The smallest absolute Gasteiger partial charge is 0.335 e. The molecule has 0 spiro atoms. The molecular formula is C17H14BrN3O3. The van der Waals surface area contributed by atoms with Gasteiger partial charge in [0.05, 0.1) is 5.69 Å². The van der Waals surface area contributed by atoms with E-state index in [0.29, 0.717) is 11.3 Å². The molecule has 1 N–H and O–H groups in total. The number of imide groups is 2. The third-order valence-corrected chi connectivity index (χ3v) is 4.16. The number of nitrogens with one attached hydrogen (secondary N) is 1. The van der Waals surface area contributed by atoms with Crippen LogP contribution in [0.2, 0.25) is 0 Å². The van der Waals surface area contributed by atoms with Crippen LogP contribution in [0.4, 0.5) is 10.5 Å². The molecular weight excluding hydrogens is 374 g/mol. The number of barbiturate groups is 1. The molecule has 1 saturated heterocycles. The Morgan fingerprint density at radius 2 is 1.92 bits per heavy atom. The Balaban J connectivity index is 2.04. The van der Waals surface area contributed by atoms with Gasteiger partial charge in [-0.15, -0.1) is 0 Å². The Bertz CT molecular complexity index is 898. The minimum atomic E-state index is -0.749. The van der Waals surface area contributed by atoms with Gasteiger partial charge in [-0.25, -0.2) is 9.69 Å². The maximum Gasteiger partial charge on any atom is 0.335 e. The fourth-order valence-electron chi connectivity index (χ4n) is 2.52. The summed E-state index contributed by atoms with van der Waals surface area (Å²) in [7, 11) is 1.84. The highest BCUT2D eigenvalue weighted by Gasteiger charge is 2.37. The van der Waals surface area contributed by atoms with E-state index in [1.807, 2.05) is 7.05 Å². The first-order chi connectivity index (χ1) is 11.4. The SMILES string of the molecule is Cc1cc(Br)ccc1N1C(=O)NC(=O)/C(=C/c2ccn(C)c2)C1=O. The number of aromatic nitrogens is 1. The molecule has 0 bridgehead atoms. The van der Waals surface area contributed by atoms with E-state index in [1.165, 1.54) is 6.08 Å². The van der Waals surface area contributed by atoms with Crippen molar-refractivity contribution in [2.45, 2.75) is 6.92 Å². The highest BCUT2D eigenvalue weighted by molar-refractivity contribution is 9.10. The van der Waals surface area contributed by atoms with Crippen molar-refractivity contribution in [1.82, 2.24) is 9.88 Å². The Morgan fingerprint density at radius 1 is 1.17 bits per heavy atom. The number of carbonyl (C=O) groups is 3. The van der Waals surface area contributed by atoms with Crippen LogP contribution in [-0.2, 0) is 16.6 Å². The molecule has 1 aromatic carbocycles. The predicted molar refractivity (Wildman–Crippen MR) is 93.3 cm³/mol. The lowest BCUT2D eigenvalue weighted by Gasteiger charge is -2.27. The second kappa shape index (κ2) is 6.09. The second-order valence-electron chi connectivity index (χ2n) is 5.50. The van der Waals surface area contributed by atoms with Crippen LogP contribution in [0.15, 0.2) is 46.7 Å². The number of aryl methyl sites for hydroxylation is 2. The zero-order chi connectivity index (χ0) is 17.4. The molecule has 2 heterocycles. The Hall–Kier alpha value is -2.67. The van der Waals surface area contributed by atoms with E-state index in [-0.39, 0.29) is 5.57 Å². The van der Waals surface area contributed by atoms with Gasteiger partial charge >= 0.3 is 6.03 Å². The van der Waals surface area contributed by atoms with Crippen molar-refractivity contribution in [2.24, 2.45) is 7.05 Å². The van der Waals surface area contributed by atoms with Crippen LogP contribution >= 0.6 is 15.9 Å². The molecule has 1 aliphatic rings. The molecule has 1 aliphatic heterocycles. The van der Waals surface area contributed by atoms with Crippen molar-refractivity contribution in [2.75, 3.05) is 4.90 Å². The number of urea groups is 1. The van der Waals surface area contributed by atoms with E-state index in [9.17, 15) is 14.4 Å². The number of hydrogen-bond acceptors (Lipinski definition) is 3. The first-order valence-corrected chi connectivity index (χ1v) is 7.95. The molecule has 2 aromatic rings. The van der Waals surface area contributed by atoms with E-state index in [2.05, 4.69) is 21.2 Å². The number of hydrogen-bond donors (Lipinski definition) is 1. The number of nitrogens with zero attached hydrogens (tertiary/aromatic N) is 2. The number of carbonyl (C=O) groups excluding carboxylic acids is 3. The quantitative estimate of drug-likeness (QED) is 0.635. The lowest BCUT2D eigenvalue weighted by Crippen LogP contribution is -2.54. The molecule has 122 valence electrons. The van der Waals surface area contributed by atoms with Gasteiger partial charge in [0, 0.05) is 23.9 Å². The zero-order valence-electron chi connectivity index (χ0n) is 13.0. The first kappa shape index (κ1) is 16.2. The summed E-state index contributed by atoms with van der Waals surface area (Å²) in [4.78, 5) is 38.0. The summed E-state index contributed by atoms with van der Waals surface area (Å²) >= 11 is 3.35. The van der Waals surface area contributed by atoms with Crippen molar-refractivity contribution in [1.29, 1.82) is 0 Å². The fourth-order valence-corrected chi connectivity index (χ4v) is 3.00. The van der Waals surface area contributed by atoms with Gasteiger partial charge in [-0.05, 0) is 48.4 Å². The van der Waals surface area contributed by atoms with Gasteiger partial charge < -0.3 is 4.57 Å². The van der Waals surface area contributed by atoms with Crippen molar-refractivity contribution in [3.63, 3.8) is 0 Å². The number of benzene rings is 1. The third-order valence-electron chi connectivity index (χ3n) is 3.67. The molecule has 0 unspecified atom stereocenters. The standard InChI is InChI=1S/C17H14BrN3O3/c1-10-7-12(18)3-4-14(10)21-16(23)13(15(22)19-17(21)24)8-11-5-6-20(2)9-11/h3-9H,1-2H3,(H,19,22,24)/b13-8-. The van der Waals surface area contributed by atoms with Crippen LogP contribution in [0, 0.1) is 6.92 Å². The van der Waals surface area contributed by atoms with Gasteiger partial charge in [0.2, 0.25) is 0 Å². The lowest BCUT2D eigenvalue weighted by atomic mass is 10.1. The Labute approximate surface area is 146 Å². The molecule has 4 amide bonds. The number of anilines is 1. The van der Waals surface area contributed by atoms with Crippen LogP contribution in [0.3, 0.4) is 0 Å². The molecule has 0 aliphatic carbocycles. The minimum absolute atomic E-state index is 0.0804. The van der Waals surface area contributed by atoms with Crippen molar-refractivity contribution >= 4 is 45.5 Å². The molecule has 1 aromatic heterocycles. The summed E-state index contributed by atoms with van der Waals surface area (Å²) in [6.07, 6.45) is 5.06. The van der Waals surface area contributed by atoms with Gasteiger partial charge in [-0.1, -0.05) is 15.9 Å². The van der Waals surface area contributed by atoms with Crippen LogP contribution in [0.5, 0.6) is 0 Å². The predicted octanol–water partition coefficient (Wildman–Crippen LogP) is 2.76. The minimum Gasteiger partial charge on any atom is -0.357 e. The van der Waals surface area contributed by atoms with Crippen LogP contribution in [0.25, 0.3) is 6.08 Å². The van der Waals surface area contributed by atoms with Crippen molar-refractivity contribution in [3.8, 4) is 0 Å². The Morgan fingerprint density at radius 3 is 2.54 bits per heavy atom. The summed E-state index contributed by atoms with van der Waals surface area (Å²) in [5, 5.41) is 2.22. The Kier molecular flexibility index (Phi) is 4.11. The van der Waals surface area contributed by atoms with E-state index >= 15 is 0 Å². The normalized spacial score (nSPS) is 16.7. The third kappa shape index (κ3) is 2.90. The molecule has 24 heavy (non-hydrogen) atoms. The molecule has 0 atom stereocenters. The molecule has 7 heteroatoms. The average molecular weight is 388 g/mol. The number of amides is 4. The molecule has 6 nitrogen and oxygen atoms in total. The van der Waals surface area contributed by atoms with Crippen molar-refractivity contribution < 1.29 is 14.4 Å². The van der Waals surface area contributed by atoms with Crippen molar-refractivity contribution in [3.05, 3.63) is 57.8 Å². The van der Waals surface area contributed by atoms with Crippen LogP contribution < -0.4 is 10.2 Å². The average Bonchev–Trinajstić information content (AvgIpc) is 2.91. The molecule has 3 rings (SSSR count). The number of halogens is 1. The van der Waals surface area contributed by atoms with E-state index in [0.717, 1.165) is 14.9 Å². The van der Waals surface area contributed by atoms with Crippen LogP contribution in [-0.4, -0.2) is 22.4 Å². The second-order valence-corrected chi connectivity index (χ2v) is 6.41. The summed E-state index contributed by atoms with van der Waals surface area (Å²) < 4.78 is 2.64. The van der Waals surface area contributed by atoms with E-state index in [4.69, 9.17) is 0 Å². The maximum atomic E-state index is 12.8. The number of rotatable bonds is 2. The lowest BCUT2D eigenvalue weighted by molar-refractivity contribution is -0.122. The van der Waals surface area contributed by atoms with Gasteiger partial charge in [-0.2, -0.15) is 0 Å². The summed E-state index contributed by atoms with van der Waals surface area (Å²) in [5.41, 5.74) is 1.80.